The van der Waals surface area contributed by atoms with Crippen molar-refractivity contribution in [2.45, 2.75) is 12.8 Å². The van der Waals surface area contributed by atoms with E-state index in [1.54, 1.807) is 0 Å². The van der Waals surface area contributed by atoms with Gasteiger partial charge in [0.2, 0.25) is 0 Å². The van der Waals surface area contributed by atoms with Crippen molar-refractivity contribution in [1.82, 2.24) is 10.2 Å². The number of nitrogens with zero attached hydrogens (tertiary/aromatic N) is 1. The van der Waals surface area contributed by atoms with Crippen LogP contribution in [0.5, 0.6) is 0 Å². The average molecular weight is 286 g/mol. The van der Waals surface area contributed by atoms with Crippen LogP contribution in [0.2, 0.25) is 0 Å². The molecular weight excluding hydrogens is 274 g/mol. The van der Waals surface area contributed by atoms with Gasteiger partial charge >= 0.3 is 0 Å². The maximum Gasteiger partial charge on any atom is 0.272 e. The van der Waals surface area contributed by atoms with Crippen LogP contribution in [0.1, 0.15) is 12.5 Å². The molecule has 0 aliphatic rings. The zero-order valence-electron chi connectivity index (χ0n) is 11.2. The van der Waals surface area contributed by atoms with Crippen LogP contribution >= 0.6 is 0 Å². The standard InChI is InChI=1S/C16H12F2N2O/c1-16(17,18)11-7-8-12-13(9-11)14(19-20-15(12)21)10-5-3-2-4-6-10/h2-9H,1H3,(H,20,21). The Morgan fingerprint density at radius 3 is 2.43 bits per heavy atom. The molecule has 0 saturated heterocycles. The molecule has 0 fully saturated rings. The third kappa shape index (κ3) is 2.42. The second-order valence-corrected chi connectivity index (χ2v) is 4.92. The van der Waals surface area contributed by atoms with Crippen LogP contribution in [0, 0.1) is 0 Å². The monoisotopic (exact) mass is 286 g/mol. The Hall–Kier alpha value is -2.56. The first-order chi connectivity index (χ1) is 9.97. The van der Waals surface area contributed by atoms with E-state index >= 15 is 0 Å². The van der Waals surface area contributed by atoms with E-state index in [1.807, 2.05) is 30.3 Å². The molecular formula is C16H12F2N2O. The predicted octanol–water partition coefficient (Wildman–Crippen LogP) is 3.70. The minimum atomic E-state index is -2.97. The normalized spacial score (nSPS) is 11.8. The molecule has 0 atom stereocenters. The van der Waals surface area contributed by atoms with E-state index in [4.69, 9.17) is 0 Å². The van der Waals surface area contributed by atoms with Gasteiger partial charge in [0.15, 0.2) is 0 Å². The summed E-state index contributed by atoms with van der Waals surface area (Å²) in [6, 6.07) is 13.1. The highest BCUT2D eigenvalue weighted by atomic mass is 19.3. The lowest BCUT2D eigenvalue weighted by molar-refractivity contribution is 0.0176. The third-order valence-corrected chi connectivity index (χ3v) is 3.34. The molecule has 3 nitrogen and oxygen atoms in total. The Morgan fingerprint density at radius 2 is 1.76 bits per heavy atom. The van der Waals surface area contributed by atoms with E-state index in [2.05, 4.69) is 10.2 Å². The molecule has 0 radical (unpaired) electrons. The second-order valence-electron chi connectivity index (χ2n) is 4.92. The van der Waals surface area contributed by atoms with Crippen LogP contribution < -0.4 is 5.56 Å². The van der Waals surface area contributed by atoms with Crippen molar-refractivity contribution in [2.24, 2.45) is 0 Å². The van der Waals surface area contributed by atoms with Gasteiger partial charge in [-0.25, -0.2) is 13.9 Å². The summed E-state index contributed by atoms with van der Waals surface area (Å²) in [5.41, 5.74) is 0.710. The number of aromatic nitrogens is 2. The lowest BCUT2D eigenvalue weighted by Gasteiger charge is -2.12. The molecule has 5 heteroatoms. The van der Waals surface area contributed by atoms with Crippen molar-refractivity contribution in [3.05, 3.63) is 64.4 Å². The summed E-state index contributed by atoms with van der Waals surface area (Å²) < 4.78 is 27.0. The topological polar surface area (TPSA) is 45.8 Å². The molecule has 2 aromatic carbocycles. The van der Waals surface area contributed by atoms with Crippen LogP contribution in [-0.4, -0.2) is 10.2 Å². The molecule has 0 saturated carbocycles. The van der Waals surface area contributed by atoms with Gasteiger partial charge in [0.05, 0.1) is 11.1 Å². The number of halogens is 2. The van der Waals surface area contributed by atoms with Gasteiger partial charge in [-0.2, -0.15) is 5.10 Å². The molecule has 1 aromatic heterocycles. The smallest absolute Gasteiger partial charge is 0.267 e. The highest BCUT2D eigenvalue weighted by Gasteiger charge is 2.25. The molecule has 0 unspecified atom stereocenters. The maximum absolute atomic E-state index is 13.5. The van der Waals surface area contributed by atoms with Crippen LogP contribution in [0.4, 0.5) is 8.78 Å². The number of nitrogens with one attached hydrogen (secondary N) is 1. The Balaban J connectivity index is 2.35. The Labute approximate surface area is 119 Å². The van der Waals surface area contributed by atoms with Crippen molar-refractivity contribution >= 4 is 10.8 Å². The van der Waals surface area contributed by atoms with E-state index < -0.39 is 11.5 Å². The predicted molar refractivity (Wildman–Crippen MR) is 77.4 cm³/mol. The molecule has 0 aliphatic heterocycles. The average Bonchev–Trinajstić information content (AvgIpc) is 2.47. The van der Waals surface area contributed by atoms with Gasteiger partial charge in [-0.05, 0) is 12.1 Å². The molecule has 21 heavy (non-hydrogen) atoms. The molecule has 0 spiro atoms. The number of hydrogen-bond donors (Lipinski definition) is 1. The summed E-state index contributed by atoms with van der Waals surface area (Å²) in [5, 5.41) is 7.19. The van der Waals surface area contributed by atoms with Gasteiger partial charge < -0.3 is 0 Å². The first kappa shape index (κ1) is 13.4. The molecule has 3 rings (SSSR count). The maximum atomic E-state index is 13.5. The number of hydrogen-bond acceptors (Lipinski definition) is 2. The van der Waals surface area contributed by atoms with Crippen molar-refractivity contribution in [3.8, 4) is 11.3 Å². The highest BCUT2D eigenvalue weighted by Crippen LogP contribution is 2.31. The molecule has 0 amide bonds. The third-order valence-electron chi connectivity index (χ3n) is 3.34. The van der Waals surface area contributed by atoms with E-state index in [-0.39, 0.29) is 5.56 Å². The number of alkyl halides is 2. The van der Waals surface area contributed by atoms with Crippen LogP contribution in [0.3, 0.4) is 0 Å². The van der Waals surface area contributed by atoms with E-state index in [1.165, 1.54) is 18.2 Å². The van der Waals surface area contributed by atoms with Crippen LogP contribution in [0.25, 0.3) is 22.0 Å². The van der Waals surface area contributed by atoms with Crippen molar-refractivity contribution in [2.75, 3.05) is 0 Å². The molecule has 0 aliphatic carbocycles. The summed E-state index contributed by atoms with van der Waals surface area (Å²) in [4.78, 5) is 11.8. The second kappa shape index (κ2) is 4.77. The van der Waals surface area contributed by atoms with Crippen molar-refractivity contribution < 1.29 is 8.78 Å². The minimum Gasteiger partial charge on any atom is -0.267 e. The highest BCUT2D eigenvalue weighted by molar-refractivity contribution is 5.94. The summed E-state index contributed by atoms with van der Waals surface area (Å²) >= 11 is 0. The number of benzene rings is 2. The van der Waals surface area contributed by atoms with Gasteiger partial charge in [0.25, 0.3) is 11.5 Å². The summed E-state index contributed by atoms with van der Waals surface area (Å²) in [6.07, 6.45) is 0. The number of rotatable bonds is 2. The van der Waals surface area contributed by atoms with Crippen molar-refractivity contribution in [1.29, 1.82) is 0 Å². The molecule has 0 bridgehead atoms. The zero-order valence-corrected chi connectivity index (χ0v) is 11.2. The molecule has 106 valence electrons. The van der Waals surface area contributed by atoms with Crippen molar-refractivity contribution in [3.63, 3.8) is 0 Å². The SMILES string of the molecule is CC(F)(F)c1ccc2c(=O)[nH]nc(-c3ccccc3)c2c1. The van der Waals surface area contributed by atoms with Gasteiger partial charge in [-0.3, -0.25) is 4.79 Å². The Morgan fingerprint density at radius 1 is 1.05 bits per heavy atom. The first-order valence-electron chi connectivity index (χ1n) is 6.43. The number of aromatic amines is 1. The lowest BCUT2D eigenvalue weighted by atomic mass is 10.0. The fourth-order valence-electron chi connectivity index (χ4n) is 2.25. The quantitative estimate of drug-likeness (QED) is 0.780. The summed E-state index contributed by atoms with van der Waals surface area (Å²) in [5.74, 6) is -2.97. The van der Waals surface area contributed by atoms with Gasteiger partial charge in [0.1, 0.15) is 0 Å². The fourth-order valence-corrected chi connectivity index (χ4v) is 2.25. The Bertz CT molecular complexity index is 852. The molecule has 3 aromatic rings. The van der Waals surface area contributed by atoms with Crippen LogP contribution in [-0.2, 0) is 5.92 Å². The van der Waals surface area contributed by atoms with E-state index in [0.717, 1.165) is 12.5 Å². The number of H-pyrrole nitrogens is 1. The zero-order chi connectivity index (χ0) is 15.0. The Kier molecular flexibility index (Phi) is 3.05. The summed E-state index contributed by atoms with van der Waals surface area (Å²) in [7, 11) is 0. The summed E-state index contributed by atoms with van der Waals surface area (Å²) in [6.45, 7) is 0.830. The van der Waals surface area contributed by atoms with Gasteiger partial charge in [-0.1, -0.05) is 36.4 Å². The molecule has 1 N–H and O–H groups in total. The largest absolute Gasteiger partial charge is 0.272 e. The van der Waals surface area contributed by atoms with Gasteiger partial charge in [-0.15, -0.1) is 0 Å². The minimum absolute atomic E-state index is 0.139. The van der Waals surface area contributed by atoms with E-state index in [9.17, 15) is 13.6 Å². The number of fused-ring (bicyclic) bond motifs is 1. The fraction of sp³-hybridized carbons (Fsp3) is 0.125. The van der Waals surface area contributed by atoms with E-state index in [0.29, 0.717) is 16.5 Å². The van der Waals surface area contributed by atoms with Gasteiger partial charge in [0, 0.05) is 23.4 Å². The first-order valence-corrected chi connectivity index (χ1v) is 6.43. The molecule has 1 heterocycles. The van der Waals surface area contributed by atoms with Crippen LogP contribution in [0.15, 0.2) is 53.3 Å². The lowest BCUT2D eigenvalue weighted by Crippen LogP contribution is -2.12.